The lowest BCUT2D eigenvalue weighted by atomic mass is 9.79. The molecule has 0 aromatic carbocycles. The van der Waals surface area contributed by atoms with Crippen LogP contribution in [0.25, 0.3) is 0 Å². The number of nitrogens with two attached hydrogens (primary N) is 1. The van der Waals surface area contributed by atoms with Gasteiger partial charge in [0.25, 0.3) is 0 Å². The molecule has 0 aromatic rings. The fourth-order valence-electron chi connectivity index (χ4n) is 2.90. The van der Waals surface area contributed by atoms with Gasteiger partial charge in [0, 0.05) is 26.8 Å². The Hall–Kier alpha value is -0.610. The summed E-state index contributed by atoms with van der Waals surface area (Å²) in [6, 6.07) is 0. The molecule has 0 aliphatic heterocycles. The average Bonchev–Trinajstić information content (AvgIpc) is 2.69. The molecule has 1 fully saturated rings. The molecule has 4 heteroatoms. The highest BCUT2D eigenvalue weighted by Gasteiger charge is 2.37. The first-order chi connectivity index (χ1) is 9.46. The largest absolute Gasteiger partial charge is 0.385 e. The number of nitrogens with one attached hydrogen (secondary N) is 1. The molecule has 0 bridgehead atoms. The second kappa shape index (κ2) is 7.99. The Balaban J connectivity index is 2.54. The number of carbonyl (C=O) groups excluding carboxylic acids is 1. The molecule has 0 saturated heterocycles. The lowest BCUT2D eigenvalue weighted by Crippen LogP contribution is -2.48. The van der Waals surface area contributed by atoms with E-state index in [1.165, 1.54) is 12.8 Å². The Kier molecular flexibility index (Phi) is 6.96. The Morgan fingerprint density at radius 1 is 1.25 bits per heavy atom. The van der Waals surface area contributed by atoms with Crippen molar-refractivity contribution in [2.75, 3.05) is 26.8 Å². The standard InChI is InChI=1S/C16H32N2O2/c1-15(2,10-11-20-3)13-18-14(19)16(12-17)8-6-4-5-7-9-16/h4-13,17H2,1-3H3,(H,18,19). The number of hydrogen-bond donors (Lipinski definition) is 2. The molecule has 3 N–H and O–H groups in total. The Morgan fingerprint density at radius 3 is 2.35 bits per heavy atom. The second-order valence-electron chi connectivity index (χ2n) is 6.99. The monoisotopic (exact) mass is 284 g/mol. The molecule has 1 aliphatic rings. The van der Waals surface area contributed by atoms with Crippen molar-refractivity contribution < 1.29 is 9.53 Å². The number of carbonyl (C=O) groups is 1. The first-order valence-electron chi connectivity index (χ1n) is 7.93. The van der Waals surface area contributed by atoms with Crippen molar-refractivity contribution >= 4 is 5.91 Å². The molecule has 0 atom stereocenters. The van der Waals surface area contributed by atoms with Crippen LogP contribution in [0.3, 0.4) is 0 Å². The molecule has 0 radical (unpaired) electrons. The summed E-state index contributed by atoms with van der Waals surface area (Å²) >= 11 is 0. The van der Waals surface area contributed by atoms with E-state index in [9.17, 15) is 4.79 Å². The highest BCUT2D eigenvalue weighted by molar-refractivity contribution is 5.83. The third-order valence-corrected chi connectivity index (χ3v) is 4.64. The van der Waals surface area contributed by atoms with Crippen LogP contribution in [0.1, 0.15) is 58.8 Å². The van der Waals surface area contributed by atoms with Gasteiger partial charge < -0.3 is 15.8 Å². The van der Waals surface area contributed by atoms with Gasteiger partial charge in [-0.3, -0.25) is 4.79 Å². The summed E-state index contributed by atoms with van der Waals surface area (Å²) in [5.74, 6) is 0.160. The predicted molar refractivity (Wildman–Crippen MR) is 82.5 cm³/mol. The second-order valence-corrected chi connectivity index (χ2v) is 6.99. The van der Waals surface area contributed by atoms with Gasteiger partial charge >= 0.3 is 0 Å². The van der Waals surface area contributed by atoms with Crippen molar-refractivity contribution in [3.8, 4) is 0 Å². The maximum atomic E-state index is 12.6. The fraction of sp³-hybridized carbons (Fsp3) is 0.938. The maximum absolute atomic E-state index is 12.6. The molecule has 20 heavy (non-hydrogen) atoms. The van der Waals surface area contributed by atoms with Gasteiger partial charge in [0.05, 0.1) is 5.41 Å². The lowest BCUT2D eigenvalue weighted by Gasteiger charge is -2.32. The van der Waals surface area contributed by atoms with Crippen molar-refractivity contribution in [3.05, 3.63) is 0 Å². The van der Waals surface area contributed by atoms with Crippen LogP contribution in [-0.2, 0) is 9.53 Å². The van der Waals surface area contributed by atoms with E-state index in [2.05, 4.69) is 19.2 Å². The molecule has 1 aliphatic carbocycles. The smallest absolute Gasteiger partial charge is 0.227 e. The highest BCUT2D eigenvalue weighted by Crippen LogP contribution is 2.34. The zero-order chi connectivity index (χ0) is 15.1. The Labute approximate surface area is 123 Å². The number of methoxy groups -OCH3 is 1. The van der Waals surface area contributed by atoms with Crippen molar-refractivity contribution in [3.63, 3.8) is 0 Å². The summed E-state index contributed by atoms with van der Waals surface area (Å²) in [6.07, 6.45) is 7.53. The lowest BCUT2D eigenvalue weighted by molar-refractivity contribution is -0.131. The predicted octanol–water partition coefficient (Wildman–Crippen LogP) is 2.46. The first kappa shape index (κ1) is 17.4. The van der Waals surface area contributed by atoms with Crippen molar-refractivity contribution in [1.29, 1.82) is 0 Å². The fourth-order valence-corrected chi connectivity index (χ4v) is 2.90. The molecule has 118 valence electrons. The zero-order valence-electron chi connectivity index (χ0n) is 13.5. The number of amides is 1. The highest BCUT2D eigenvalue weighted by atomic mass is 16.5. The van der Waals surface area contributed by atoms with E-state index in [1.54, 1.807) is 7.11 Å². The van der Waals surface area contributed by atoms with Crippen LogP contribution < -0.4 is 11.1 Å². The molecule has 0 aromatic heterocycles. The van der Waals surface area contributed by atoms with Crippen LogP contribution in [0.5, 0.6) is 0 Å². The van der Waals surface area contributed by atoms with E-state index >= 15 is 0 Å². The zero-order valence-corrected chi connectivity index (χ0v) is 13.5. The minimum atomic E-state index is -0.326. The third-order valence-electron chi connectivity index (χ3n) is 4.64. The van der Waals surface area contributed by atoms with Gasteiger partial charge in [0.1, 0.15) is 0 Å². The summed E-state index contributed by atoms with van der Waals surface area (Å²) in [4.78, 5) is 12.6. The van der Waals surface area contributed by atoms with Crippen molar-refractivity contribution in [1.82, 2.24) is 5.32 Å². The first-order valence-corrected chi connectivity index (χ1v) is 7.93. The van der Waals surface area contributed by atoms with Crippen LogP contribution in [0.4, 0.5) is 0 Å². The van der Waals surface area contributed by atoms with Gasteiger partial charge in [-0.15, -0.1) is 0 Å². The Morgan fingerprint density at radius 2 is 1.85 bits per heavy atom. The third kappa shape index (κ3) is 5.06. The number of rotatable bonds is 7. The summed E-state index contributed by atoms with van der Waals surface area (Å²) in [5.41, 5.74) is 5.68. The van der Waals surface area contributed by atoms with E-state index in [0.717, 1.165) is 38.7 Å². The summed E-state index contributed by atoms with van der Waals surface area (Å²) in [5, 5.41) is 3.15. The van der Waals surface area contributed by atoms with Gasteiger partial charge in [-0.05, 0) is 24.7 Å². The van der Waals surface area contributed by atoms with Crippen molar-refractivity contribution in [2.45, 2.75) is 58.8 Å². The molecule has 1 amide bonds. The number of ether oxygens (including phenoxy) is 1. The quantitative estimate of drug-likeness (QED) is 0.706. The summed E-state index contributed by atoms with van der Waals surface area (Å²) < 4.78 is 5.13. The minimum Gasteiger partial charge on any atom is -0.385 e. The molecule has 0 heterocycles. The van der Waals surface area contributed by atoms with Gasteiger partial charge in [-0.2, -0.15) is 0 Å². The molecule has 1 rings (SSSR count). The van der Waals surface area contributed by atoms with Crippen LogP contribution in [0.15, 0.2) is 0 Å². The molecule has 0 spiro atoms. The van der Waals surface area contributed by atoms with Gasteiger partial charge in [0.2, 0.25) is 5.91 Å². The SMILES string of the molecule is COCCC(C)(C)CNC(=O)C1(CN)CCCCCC1. The molecular formula is C16H32N2O2. The topological polar surface area (TPSA) is 64.3 Å². The van der Waals surface area contributed by atoms with Crippen LogP contribution in [0.2, 0.25) is 0 Å². The Bertz CT molecular complexity index is 295. The van der Waals surface area contributed by atoms with E-state index in [0.29, 0.717) is 13.1 Å². The van der Waals surface area contributed by atoms with Crippen LogP contribution in [-0.4, -0.2) is 32.7 Å². The summed E-state index contributed by atoms with van der Waals surface area (Å²) in [7, 11) is 1.71. The van der Waals surface area contributed by atoms with Crippen LogP contribution >= 0.6 is 0 Å². The van der Waals surface area contributed by atoms with Gasteiger partial charge in [-0.25, -0.2) is 0 Å². The van der Waals surface area contributed by atoms with E-state index < -0.39 is 0 Å². The molecular weight excluding hydrogens is 252 g/mol. The molecule has 4 nitrogen and oxygen atoms in total. The molecule has 0 unspecified atom stereocenters. The number of hydrogen-bond acceptors (Lipinski definition) is 3. The van der Waals surface area contributed by atoms with E-state index in [1.807, 2.05) is 0 Å². The van der Waals surface area contributed by atoms with E-state index in [-0.39, 0.29) is 16.7 Å². The average molecular weight is 284 g/mol. The normalized spacial score (nSPS) is 19.4. The van der Waals surface area contributed by atoms with Crippen molar-refractivity contribution in [2.24, 2.45) is 16.6 Å². The van der Waals surface area contributed by atoms with E-state index in [4.69, 9.17) is 10.5 Å². The molecule has 1 saturated carbocycles. The minimum absolute atomic E-state index is 0.0617. The summed E-state index contributed by atoms with van der Waals surface area (Å²) in [6.45, 7) is 6.21. The maximum Gasteiger partial charge on any atom is 0.227 e. The van der Waals surface area contributed by atoms with Crippen LogP contribution in [0, 0.1) is 10.8 Å². The van der Waals surface area contributed by atoms with Gasteiger partial charge in [-0.1, -0.05) is 39.5 Å². The van der Waals surface area contributed by atoms with Gasteiger partial charge in [0.15, 0.2) is 0 Å².